The van der Waals surface area contributed by atoms with E-state index >= 15 is 0 Å². The van der Waals surface area contributed by atoms with Crippen LogP contribution < -0.4 is 0 Å². The van der Waals surface area contributed by atoms with E-state index in [9.17, 15) is 5.11 Å². The Labute approximate surface area is 168 Å². The fourth-order valence-electron chi connectivity index (χ4n) is 8.17. The Morgan fingerprint density at radius 1 is 1.04 bits per heavy atom. The number of rotatable bonds is 5. The smallest absolute Gasteiger partial charge is 0.0577 e. The van der Waals surface area contributed by atoms with Gasteiger partial charge < -0.3 is 5.11 Å². The number of hydrogen-bond donors (Lipinski definition) is 1. The van der Waals surface area contributed by atoms with Crippen LogP contribution in [-0.4, -0.2) is 11.2 Å². The highest BCUT2D eigenvalue weighted by molar-refractivity contribution is 5.25. The lowest BCUT2D eigenvalue weighted by Crippen LogP contribution is -2.50. The molecule has 0 aromatic rings. The molecule has 0 amide bonds. The van der Waals surface area contributed by atoms with Gasteiger partial charge in [0.05, 0.1) is 6.10 Å². The van der Waals surface area contributed by atoms with E-state index in [1.165, 1.54) is 64.2 Å². The van der Waals surface area contributed by atoms with Gasteiger partial charge in [-0.25, -0.2) is 0 Å². The van der Waals surface area contributed by atoms with Crippen LogP contribution in [0.2, 0.25) is 0 Å². The Hall–Kier alpha value is -0.300. The summed E-state index contributed by atoms with van der Waals surface area (Å²) in [5.74, 6) is 4.64. The Morgan fingerprint density at radius 2 is 1.85 bits per heavy atom. The van der Waals surface area contributed by atoms with Crippen molar-refractivity contribution in [2.75, 3.05) is 0 Å². The highest BCUT2D eigenvalue weighted by Crippen LogP contribution is 2.66. The lowest BCUT2D eigenvalue weighted by Gasteiger charge is -2.58. The summed E-state index contributed by atoms with van der Waals surface area (Å²) in [6, 6.07) is 0. The van der Waals surface area contributed by atoms with E-state index in [0.29, 0.717) is 10.8 Å². The summed E-state index contributed by atoms with van der Waals surface area (Å²) >= 11 is 0. The summed E-state index contributed by atoms with van der Waals surface area (Å²) in [7, 11) is 0. The zero-order chi connectivity index (χ0) is 19.2. The van der Waals surface area contributed by atoms with Crippen LogP contribution in [0.1, 0.15) is 105 Å². The van der Waals surface area contributed by atoms with Crippen LogP contribution in [0.4, 0.5) is 0 Å². The van der Waals surface area contributed by atoms with Crippen LogP contribution in [0.5, 0.6) is 0 Å². The minimum Gasteiger partial charge on any atom is -0.393 e. The van der Waals surface area contributed by atoms with Gasteiger partial charge in [-0.1, -0.05) is 58.6 Å². The molecule has 0 unspecified atom stereocenters. The first-order valence-electron chi connectivity index (χ1n) is 12.2. The predicted octanol–water partition coefficient (Wildman–Crippen LogP) is 7.14. The third-order valence-electron chi connectivity index (χ3n) is 9.86. The minimum atomic E-state index is -0.0727. The highest BCUT2D eigenvalue weighted by Gasteiger charge is 2.58. The van der Waals surface area contributed by atoms with Crippen molar-refractivity contribution in [1.82, 2.24) is 0 Å². The molecule has 0 aromatic heterocycles. The molecule has 1 heteroatoms. The van der Waals surface area contributed by atoms with Crippen molar-refractivity contribution in [3.63, 3.8) is 0 Å². The van der Waals surface area contributed by atoms with E-state index in [4.69, 9.17) is 0 Å². The second-order valence-corrected chi connectivity index (χ2v) is 11.7. The van der Waals surface area contributed by atoms with Gasteiger partial charge in [0.2, 0.25) is 0 Å². The maximum atomic E-state index is 10.2. The van der Waals surface area contributed by atoms with E-state index in [1.807, 2.05) is 0 Å². The summed E-state index contributed by atoms with van der Waals surface area (Å²) in [5.41, 5.74) is 2.64. The minimum absolute atomic E-state index is 0.0727. The van der Waals surface area contributed by atoms with Crippen molar-refractivity contribution in [3.8, 4) is 0 Å². The molecule has 7 atom stereocenters. The SMILES string of the molecule is CC(C)CCCC[C@H]1CC[C@H]2[C@@H]3CC=C4C[C@@H](O)CC[C@]4(C)[C@H]3CC[C@]12C. The number of fused-ring (bicyclic) bond motifs is 5. The zero-order valence-electron chi connectivity index (χ0n) is 18.5. The molecule has 3 fully saturated rings. The lowest BCUT2D eigenvalue weighted by molar-refractivity contribution is -0.0508. The van der Waals surface area contributed by atoms with Crippen molar-refractivity contribution in [2.45, 2.75) is 111 Å². The number of hydrogen-bond acceptors (Lipinski definition) is 1. The molecule has 0 spiro atoms. The molecule has 0 radical (unpaired) electrons. The van der Waals surface area contributed by atoms with Gasteiger partial charge in [-0.2, -0.15) is 0 Å². The van der Waals surface area contributed by atoms with Crippen molar-refractivity contribution in [3.05, 3.63) is 11.6 Å². The molecular weight excluding hydrogens is 328 g/mol. The molecule has 1 nitrogen and oxygen atoms in total. The molecule has 0 aliphatic heterocycles. The summed E-state index contributed by atoms with van der Waals surface area (Å²) in [6.07, 6.45) is 18.7. The van der Waals surface area contributed by atoms with Gasteiger partial charge in [0.25, 0.3) is 0 Å². The fourth-order valence-corrected chi connectivity index (χ4v) is 8.17. The molecule has 4 aliphatic rings. The third kappa shape index (κ3) is 3.45. The van der Waals surface area contributed by atoms with Gasteiger partial charge in [-0.15, -0.1) is 0 Å². The Morgan fingerprint density at radius 3 is 2.63 bits per heavy atom. The molecule has 4 rings (SSSR count). The molecule has 3 saturated carbocycles. The average Bonchev–Trinajstić information content (AvgIpc) is 2.96. The largest absolute Gasteiger partial charge is 0.393 e. The summed E-state index contributed by atoms with van der Waals surface area (Å²) in [6.45, 7) is 9.97. The van der Waals surface area contributed by atoms with Gasteiger partial charge >= 0.3 is 0 Å². The number of allylic oxidation sites excluding steroid dienone is 1. The maximum absolute atomic E-state index is 10.2. The molecule has 154 valence electrons. The Balaban J connectivity index is 1.46. The van der Waals surface area contributed by atoms with Gasteiger partial charge in [0.15, 0.2) is 0 Å². The maximum Gasteiger partial charge on any atom is 0.0577 e. The molecular formula is C26H44O. The second-order valence-electron chi connectivity index (χ2n) is 11.7. The van der Waals surface area contributed by atoms with Crippen molar-refractivity contribution < 1.29 is 5.11 Å². The topological polar surface area (TPSA) is 20.2 Å². The molecule has 27 heavy (non-hydrogen) atoms. The van der Waals surface area contributed by atoms with Gasteiger partial charge in [-0.05, 0) is 98.2 Å². The Bertz CT molecular complexity index is 563. The first kappa shape index (κ1) is 20.0. The highest BCUT2D eigenvalue weighted by atomic mass is 16.3. The molecule has 4 aliphatic carbocycles. The summed E-state index contributed by atoms with van der Waals surface area (Å²) in [5, 5.41) is 10.2. The van der Waals surface area contributed by atoms with Gasteiger partial charge in [0.1, 0.15) is 0 Å². The number of aliphatic hydroxyl groups is 1. The lowest BCUT2D eigenvalue weighted by atomic mass is 9.47. The van der Waals surface area contributed by atoms with Crippen LogP contribution >= 0.6 is 0 Å². The van der Waals surface area contributed by atoms with Crippen molar-refractivity contribution in [1.29, 1.82) is 0 Å². The number of aliphatic hydroxyl groups excluding tert-OH is 1. The standard InChI is InChI=1S/C26H44O/c1-18(2)7-5-6-8-19-10-12-23-22-11-9-20-17-21(27)13-15-26(20,4)24(22)14-16-25(19,23)3/h9,18-19,21-24,27H,5-8,10-17H2,1-4H3/t19-,21-,22-,23-,24-,25+,26-/m0/s1. The normalized spacial score (nSPS) is 46.6. The predicted molar refractivity (Wildman–Crippen MR) is 115 cm³/mol. The average molecular weight is 373 g/mol. The van der Waals surface area contributed by atoms with Gasteiger partial charge in [0, 0.05) is 0 Å². The monoisotopic (exact) mass is 372 g/mol. The van der Waals surface area contributed by atoms with Crippen LogP contribution in [0.3, 0.4) is 0 Å². The first-order valence-corrected chi connectivity index (χ1v) is 12.2. The third-order valence-corrected chi connectivity index (χ3v) is 9.86. The van der Waals surface area contributed by atoms with Crippen LogP contribution in [0.25, 0.3) is 0 Å². The first-order chi connectivity index (χ1) is 12.8. The second kappa shape index (κ2) is 7.51. The van der Waals surface area contributed by atoms with E-state index in [-0.39, 0.29) is 6.10 Å². The summed E-state index contributed by atoms with van der Waals surface area (Å²) in [4.78, 5) is 0. The van der Waals surface area contributed by atoms with E-state index in [2.05, 4.69) is 33.8 Å². The molecule has 0 heterocycles. The van der Waals surface area contributed by atoms with Crippen LogP contribution in [0.15, 0.2) is 11.6 Å². The van der Waals surface area contributed by atoms with Crippen LogP contribution in [-0.2, 0) is 0 Å². The van der Waals surface area contributed by atoms with E-state index in [1.54, 1.807) is 5.57 Å². The zero-order valence-corrected chi connectivity index (χ0v) is 18.5. The van der Waals surface area contributed by atoms with Crippen molar-refractivity contribution >= 4 is 0 Å². The van der Waals surface area contributed by atoms with Crippen molar-refractivity contribution in [2.24, 2.45) is 40.4 Å². The number of unbranched alkanes of at least 4 members (excludes halogenated alkanes) is 1. The molecule has 0 bridgehead atoms. The molecule has 0 saturated heterocycles. The van der Waals surface area contributed by atoms with E-state index in [0.717, 1.165) is 42.4 Å². The van der Waals surface area contributed by atoms with E-state index < -0.39 is 0 Å². The molecule has 0 aromatic carbocycles. The van der Waals surface area contributed by atoms with Crippen LogP contribution in [0, 0.1) is 40.4 Å². The summed E-state index contributed by atoms with van der Waals surface area (Å²) < 4.78 is 0. The quantitative estimate of drug-likeness (QED) is 0.401. The van der Waals surface area contributed by atoms with Gasteiger partial charge in [-0.3, -0.25) is 0 Å². The fraction of sp³-hybridized carbons (Fsp3) is 0.923. The Kier molecular flexibility index (Phi) is 5.56. The molecule has 1 N–H and O–H groups in total.